The Labute approximate surface area is 105 Å². The van der Waals surface area contributed by atoms with Crippen LogP contribution in [0.15, 0.2) is 12.4 Å². The van der Waals surface area contributed by atoms with Crippen molar-refractivity contribution < 1.29 is 0 Å². The standard InChI is InChI=1S/C14H25N3/c1-11(2)10-16-14-15-8-9-17(14)13-7-5-4-6-12(13)3/h8-9,11-13H,4-7,10H2,1-3H3,(H,15,16). The topological polar surface area (TPSA) is 29.9 Å². The molecule has 2 unspecified atom stereocenters. The van der Waals surface area contributed by atoms with Crippen LogP contribution in [0.3, 0.4) is 0 Å². The number of imidazole rings is 1. The first-order chi connectivity index (χ1) is 8.18. The molecule has 1 aromatic heterocycles. The SMILES string of the molecule is CC(C)CNc1nccn1C1CCCCC1C. The molecule has 17 heavy (non-hydrogen) atoms. The van der Waals surface area contributed by atoms with Gasteiger partial charge in [0.2, 0.25) is 5.95 Å². The van der Waals surface area contributed by atoms with Gasteiger partial charge in [-0.05, 0) is 24.7 Å². The largest absolute Gasteiger partial charge is 0.355 e. The zero-order chi connectivity index (χ0) is 12.3. The van der Waals surface area contributed by atoms with E-state index in [0.29, 0.717) is 12.0 Å². The van der Waals surface area contributed by atoms with Crippen LogP contribution in [0.1, 0.15) is 52.5 Å². The fraction of sp³-hybridized carbons (Fsp3) is 0.786. The van der Waals surface area contributed by atoms with Crippen molar-refractivity contribution in [2.75, 3.05) is 11.9 Å². The minimum absolute atomic E-state index is 0.640. The smallest absolute Gasteiger partial charge is 0.203 e. The first-order valence-corrected chi connectivity index (χ1v) is 6.95. The molecule has 0 radical (unpaired) electrons. The first kappa shape index (κ1) is 12.5. The van der Waals surface area contributed by atoms with Crippen LogP contribution in [-0.2, 0) is 0 Å². The van der Waals surface area contributed by atoms with Gasteiger partial charge in [0.25, 0.3) is 0 Å². The van der Waals surface area contributed by atoms with Crippen molar-refractivity contribution in [2.24, 2.45) is 11.8 Å². The van der Waals surface area contributed by atoms with Gasteiger partial charge in [-0.1, -0.05) is 33.6 Å². The summed E-state index contributed by atoms with van der Waals surface area (Å²) in [7, 11) is 0. The van der Waals surface area contributed by atoms with Gasteiger partial charge in [-0.15, -0.1) is 0 Å². The molecule has 0 saturated heterocycles. The highest BCUT2D eigenvalue weighted by atomic mass is 15.2. The molecule has 2 rings (SSSR count). The molecular formula is C14H25N3. The highest BCUT2D eigenvalue weighted by Crippen LogP contribution is 2.35. The number of anilines is 1. The Morgan fingerprint density at radius 2 is 2.18 bits per heavy atom. The van der Waals surface area contributed by atoms with E-state index in [1.54, 1.807) is 0 Å². The van der Waals surface area contributed by atoms with Crippen LogP contribution in [0.2, 0.25) is 0 Å². The third-order valence-corrected chi connectivity index (χ3v) is 3.76. The summed E-state index contributed by atoms with van der Waals surface area (Å²) in [6.45, 7) is 7.82. The number of rotatable bonds is 4. The Morgan fingerprint density at radius 3 is 2.88 bits per heavy atom. The molecule has 1 aromatic rings. The van der Waals surface area contributed by atoms with Crippen LogP contribution in [-0.4, -0.2) is 16.1 Å². The summed E-state index contributed by atoms with van der Waals surface area (Å²) in [5.41, 5.74) is 0. The Morgan fingerprint density at radius 1 is 1.41 bits per heavy atom. The summed E-state index contributed by atoms with van der Waals surface area (Å²) in [5.74, 6) is 2.49. The van der Waals surface area contributed by atoms with E-state index in [9.17, 15) is 0 Å². The highest BCUT2D eigenvalue weighted by Gasteiger charge is 2.24. The van der Waals surface area contributed by atoms with Gasteiger partial charge in [-0.2, -0.15) is 0 Å². The van der Waals surface area contributed by atoms with Gasteiger partial charge in [-0.25, -0.2) is 4.98 Å². The Hall–Kier alpha value is -0.990. The Kier molecular flexibility index (Phi) is 4.08. The minimum Gasteiger partial charge on any atom is -0.355 e. The number of nitrogens with zero attached hydrogens (tertiary/aromatic N) is 2. The van der Waals surface area contributed by atoms with E-state index in [0.717, 1.165) is 18.4 Å². The predicted octanol–water partition coefficient (Wildman–Crippen LogP) is 3.70. The molecule has 0 spiro atoms. The molecule has 1 aliphatic carbocycles. The number of aromatic nitrogens is 2. The van der Waals surface area contributed by atoms with E-state index in [1.807, 2.05) is 6.20 Å². The summed E-state index contributed by atoms with van der Waals surface area (Å²) in [6.07, 6.45) is 9.46. The summed E-state index contributed by atoms with van der Waals surface area (Å²) >= 11 is 0. The Bertz CT molecular complexity index is 343. The van der Waals surface area contributed by atoms with Crippen LogP contribution in [0.5, 0.6) is 0 Å². The molecule has 3 nitrogen and oxygen atoms in total. The maximum absolute atomic E-state index is 4.45. The average Bonchev–Trinajstić information content (AvgIpc) is 2.75. The van der Waals surface area contributed by atoms with Crippen LogP contribution in [0.25, 0.3) is 0 Å². The van der Waals surface area contributed by atoms with E-state index < -0.39 is 0 Å². The van der Waals surface area contributed by atoms with Gasteiger partial charge in [0.15, 0.2) is 0 Å². The molecule has 1 fully saturated rings. The summed E-state index contributed by atoms with van der Waals surface area (Å²) in [5, 5.41) is 3.46. The van der Waals surface area contributed by atoms with Gasteiger partial charge < -0.3 is 9.88 Å². The second kappa shape index (κ2) is 5.56. The molecule has 0 bridgehead atoms. The van der Waals surface area contributed by atoms with Crippen LogP contribution in [0, 0.1) is 11.8 Å². The number of nitrogens with one attached hydrogen (secondary N) is 1. The molecule has 0 amide bonds. The number of hydrogen-bond acceptors (Lipinski definition) is 2. The lowest BCUT2D eigenvalue weighted by molar-refractivity contribution is 0.259. The molecule has 1 saturated carbocycles. The van der Waals surface area contributed by atoms with Crippen LogP contribution in [0.4, 0.5) is 5.95 Å². The lowest BCUT2D eigenvalue weighted by Crippen LogP contribution is -2.23. The van der Waals surface area contributed by atoms with Crippen LogP contribution >= 0.6 is 0 Å². The van der Waals surface area contributed by atoms with Crippen molar-refractivity contribution in [3.8, 4) is 0 Å². The minimum atomic E-state index is 0.640. The molecular weight excluding hydrogens is 210 g/mol. The Balaban J connectivity index is 2.06. The van der Waals surface area contributed by atoms with Crippen LogP contribution < -0.4 is 5.32 Å². The summed E-state index contributed by atoms with van der Waals surface area (Å²) in [6, 6.07) is 0.640. The maximum Gasteiger partial charge on any atom is 0.203 e. The molecule has 1 aliphatic rings. The molecule has 3 heteroatoms. The van der Waals surface area contributed by atoms with Gasteiger partial charge in [0, 0.05) is 25.0 Å². The third-order valence-electron chi connectivity index (χ3n) is 3.76. The van der Waals surface area contributed by atoms with Gasteiger partial charge in [0.1, 0.15) is 0 Å². The van der Waals surface area contributed by atoms with Crippen molar-refractivity contribution in [3.63, 3.8) is 0 Å². The quantitative estimate of drug-likeness (QED) is 0.862. The average molecular weight is 235 g/mol. The van der Waals surface area contributed by atoms with E-state index in [4.69, 9.17) is 0 Å². The van der Waals surface area contributed by atoms with Crippen molar-refractivity contribution in [1.82, 2.24) is 9.55 Å². The molecule has 2 atom stereocenters. The van der Waals surface area contributed by atoms with Crippen molar-refractivity contribution in [2.45, 2.75) is 52.5 Å². The van der Waals surface area contributed by atoms with Crippen molar-refractivity contribution in [3.05, 3.63) is 12.4 Å². The van der Waals surface area contributed by atoms with E-state index in [1.165, 1.54) is 25.7 Å². The fourth-order valence-electron chi connectivity index (χ4n) is 2.72. The lowest BCUT2D eigenvalue weighted by atomic mass is 9.86. The molecule has 1 heterocycles. The van der Waals surface area contributed by atoms with E-state index in [2.05, 4.69) is 41.8 Å². The molecule has 96 valence electrons. The van der Waals surface area contributed by atoms with Crippen molar-refractivity contribution in [1.29, 1.82) is 0 Å². The van der Waals surface area contributed by atoms with Gasteiger partial charge in [-0.3, -0.25) is 0 Å². The second-order valence-electron chi connectivity index (χ2n) is 5.76. The molecule has 0 aromatic carbocycles. The predicted molar refractivity (Wildman–Crippen MR) is 72.2 cm³/mol. The zero-order valence-electron chi connectivity index (χ0n) is 11.3. The fourth-order valence-corrected chi connectivity index (χ4v) is 2.72. The summed E-state index contributed by atoms with van der Waals surface area (Å²) < 4.78 is 2.35. The summed E-state index contributed by atoms with van der Waals surface area (Å²) in [4.78, 5) is 4.45. The third kappa shape index (κ3) is 3.02. The molecule has 1 N–H and O–H groups in total. The monoisotopic (exact) mass is 235 g/mol. The maximum atomic E-state index is 4.45. The van der Waals surface area contributed by atoms with Crippen molar-refractivity contribution >= 4 is 5.95 Å². The normalized spacial score (nSPS) is 25.2. The zero-order valence-corrected chi connectivity index (χ0v) is 11.3. The number of hydrogen-bond donors (Lipinski definition) is 1. The van der Waals surface area contributed by atoms with E-state index in [-0.39, 0.29) is 0 Å². The van der Waals surface area contributed by atoms with Gasteiger partial charge in [0.05, 0.1) is 0 Å². The molecule has 0 aliphatic heterocycles. The highest BCUT2D eigenvalue weighted by molar-refractivity contribution is 5.27. The van der Waals surface area contributed by atoms with E-state index >= 15 is 0 Å². The van der Waals surface area contributed by atoms with Gasteiger partial charge >= 0.3 is 0 Å². The lowest BCUT2D eigenvalue weighted by Gasteiger charge is -2.31. The second-order valence-corrected chi connectivity index (χ2v) is 5.76. The first-order valence-electron chi connectivity index (χ1n) is 6.95.